The number of methoxy groups -OCH3 is 1. The van der Waals surface area contributed by atoms with Gasteiger partial charge in [0.15, 0.2) is 0 Å². The van der Waals surface area contributed by atoms with Gasteiger partial charge in [0.25, 0.3) is 0 Å². The summed E-state index contributed by atoms with van der Waals surface area (Å²) in [5.74, 6) is 1.49. The third kappa shape index (κ3) is 3.26. The lowest BCUT2D eigenvalue weighted by atomic mass is 9.66. The van der Waals surface area contributed by atoms with Crippen LogP contribution in [0.4, 0.5) is 0 Å². The van der Waals surface area contributed by atoms with Gasteiger partial charge in [-0.1, -0.05) is 25.5 Å². The molecule has 1 aromatic carbocycles. The average molecular weight is 366 g/mol. The van der Waals surface area contributed by atoms with Crippen LogP contribution in [0.3, 0.4) is 0 Å². The summed E-state index contributed by atoms with van der Waals surface area (Å²) in [4.78, 5) is 0. The van der Waals surface area contributed by atoms with E-state index in [-0.39, 0.29) is 5.41 Å². The Labute approximate surface area is 143 Å². The molecule has 0 fully saturated rings. The first-order chi connectivity index (χ1) is 10.4. The molecule has 2 nitrogen and oxygen atoms in total. The van der Waals surface area contributed by atoms with E-state index >= 15 is 0 Å². The van der Waals surface area contributed by atoms with Gasteiger partial charge in [0.2, 0.25) is 0 Å². The van der Waals surface area contributed by atoms with Crippen molar-refractivity contribution >= 4 is 15.9 Å². The number of rotatable bonds is 4. The second-order valence-electron chi connectivity index (χ2n) is 6.69. The smallest absolute Gasteiger partial charge is 0.133 e. The topological polar surface area (TPSA) is 21.3 Å². The number of nitrogens with one attached hydrogen (secondary N) is 1. The zero-order valence-corrected chi connectivity index (χ0v) is 16.0. The van der Waals surface area contributed by atoms with Crippen molar-refractivity contribution in [3.8, 4) is 5.75 Å². The summed E-state index contributed by atoms with van der Waals surface area (Å²) in [6.45, 7) is 11.1. The molecule has 1 aliphatic rings. The fourth-order valence-electron chi connectivity index (χ4n) is 3.53. The van der Waals surface area contributed by atoms with E-state index in [0.29, 0.717) is 5.92 Å². The van der Waals surface area contributed by atoms with E-state index < -0.39 is 0 Å². The third-order valence-electron chi connectivity index (χ3n) is 5.12. The zero-order valence-electron chi connectivity index (χ0n) is 14.4. The number of benzene rings is 1. The summed E-state index contributed by atoms with van der Waals surface area (Å²) in [6.07, 6.45) is 4.40. The van der Waals surface area contributed by atoms with Crippen LogP contribution in [0.25, 0.3) is 0 Å². The highest BCUT2D eigenvalue weighted by atomic mass is 79.9. The maximum atomic E-state index is 5.50. The van der Waals surface area contributed by atoms with Crippen molar-refractivity contribution in [3.63, 3.8) is 0 Å². The van der Waals surface area contributed by atoms with Crippen LogP contribution in [0.15, 0.2) is 28.3 Å². The van der Waals surface area contributed by atoms with Crippen molar-refractivity contribution in [1.82, 2.24) is 5.32 Å². The van der Waals surface area contributed by atoms with Gasteiger partial charge >= 0.3 is 0 Å². The number of halogens is 1. The summed E-state index contributed by atoms with van der Waals surface area (Å²) in [5.41, 5.74) is 4.48. The van der Waals surface area contributed by atoms with E-state index in [1.54, 1.807) is 7.11 Å². The Morgan fingerprint density at radius 1 is 1.45 bits per heavy atom. The van der Waals surface area contributed by atoms with Crippen molar-refractivity contribution in [1.29, 1.82) is 0 Å². The van der Waals surface area contributed by atoms with E-state index in [1.165, 1.54) is 16.7 Å². The first-order valence-corrected chi connectivity index (χ1v) is 8.93. The van der Waals surface area contributed by atoms with Crippen molar-refractivity contribution in [2.75, 3.05) is 20.2 Å². The SMILES string of the molecule is CC=C(C)C[C@@]1(C(C)C)CNCCc2cc(OC)c(Br)cc21. The standard InChI is InChI=1S/C19H28BrNO/c1-6-14(4)11-19(13(2)3)12-21-8-7-15-9-18(22-5)17(20)10-16(15)19/h6,9-10,13,21H,7-8,11-12H2,1-5H3/t19-/m0/s1. The highest BCUT2D eigenvalue weighted by molar-refractivity contribution is 9.10. The molecule has 1 aromatic rings. The molecule has 0 radical (unpaired) electrons. The highest BCUT2D eigenvalue weighted by Gasteiger charge is 2.38. The molecule has 1 aliphatic heterocycles. The normalized spacial score (nSPS) is 22.4. The third-order valence-corrected chi connectivity index (χ3v) is 5.74. The van der Waals surface area contributed by atoms with Crippen LogP contribution in [0.1, 0.15) is 45.2 Å². The Bertz CT molecular complexity index is 565. The minimum atomic E-state index is 0.136. The molecule has 0 bridgehead atoms. The Morgan fingerprint density at radius 3 is 2.77 bits per heavy atom. The van der Waals surface area contributed by atoms with Gasteiger partial charge in [-0.15, -0.1) is 0 Å². The summed E-state index contributed by atoms with van der Waals surface area (Å²) < 4.78 is 6.56. The molecule has 0 saturated heterocycles. The van der Waals surface area contributed by atoms with Gasteiger partial charge in [0, 0.05) is 12.0 Å². The molecule has 3 heteroatoms. The van der Waals surface area contributed by atoms with E-state index in [0.717, 1.165) is 36.2 Å². The maximum absolute atomic E-state index is 5.50. The number of allylic oxidation sites excluding steroid dienone is 2. The summed E-state index contributed by atoms with van der Waals surface area (Å²) in [6, 6.07) is 4.51. The molecule has 0 aliphatic carbocycles. The zero-order chi connectivity index (χ0) is 16.3. The van der Waals surface area contributed by atoms with Crippen LogP contribution in [-0.2, 0) is 11.8 Å². The van der Waals surface area contributed by atoms with Crippen molar-refractivity contribution < 1.29 is 4.74 Å². The molecule has 1 atom stereocenters. The van der Waals surface area contributed by atoms with E-state index in [1.807, 2.05) is 0 Å². The van der Waals surface area contributed by atoms with Crippen LogP contribution in [-0.4, -0.2) is 20.2 Å². The molecule has 0 saturated carbocycles. The number of ether oxygens (including phenoxy) is 1. The van der Waals surface area contributed by atoms with Gasteiger partial charge in [-0.05, 0) is 78.3 Å². The Balaban J connectivity index is 2.63. The van der Waals surface area contributed by atoms with Crippen LogP contribution in [0, 0.1) is 5.92 Å². The Kier molecular flexibility index (Phi) is 5.73. The molecule has 122 valence electrons. The number of fused-ring (bicyclic) bond motifs is 1. The van der Waals surface area contributed by atoms with Crippen LogP contribution >= 0.6 is 15.9 Å². The minimum absolute atomic E-state index is 0.136. The Hall–Kier alpha value is -0.800. The van der Waals surface area contributed by atoms with Gasteiger partial charge in [-0.2, -0.15) is 0 Å². The highest BCUT2D eigenvalue weighted by Crippen LogP contribution is 2.43. The van der Waals surface area contributed by atoms with Gasteiger partial charge in [-0.25, -0.2) is 0 Å². The predicted octanol–water partition coefficient (Wildman–Crippen LogP) is 4.85. The molecule has 0 unspecified atom stereocenters. The lowest BCUT2D eigenvalue weighted by molar-refractivity contribution is 0.293. The lowest BCUT2D eigenvalue weighted by Gasteiger charge is -2.39. The van der Waals surface area contributed by atoms with Crippen LogP contribution < -0.4 is 10.1 Å². The molecule has 0 spiro atoms. The second kappa shape index (κ2) is 7.18. The molecular weight excluding hydrogens is 338 g/mol. The molecular formula is C19H28BrNO. The van der Waals surface area contributed by atoms with Gasteiger partial charge in [0.1, 0.15) is 5.75 Å². The molecule has 1 heterocycles. The quantitative estimate of drug-likeness (QED) is 0.769. The Morgan fingerprint density at radius 2 is 2.18 bits per heavy atom. The first-order valence-electron chi connectivity index (χ1n) is 8.14. The van der Waals surface area contributed by atoms with Gasteiger partial charge in [-0.3, -0.25) is 0 Å². The van der Waals surface area contributed by atoms with Crippen LogP contribution in [0.2, 0.25) is 0 Å². The number of hydrogen-bond acceptors (Lipinski definition) is 2. The molecule has 0 amide bonds. The van der Waals surface area contributed by atoms with Crippen molar-refractivity contribution in [2.45, 2.75) is 46.0 Å². The summed E-state index contributed by atoms with van der Waals surface area (Å²) in [5, 5.41) is 3.67. The first kappa shape index (κ1) is 17.6. The maximum Gasteiger partial charge on any atom is 0.133 e. The van der Waals surface area contributed by atoms with Crippen molar-refractivity contribution in [3.05, 3.63) is 39.4 Å². The fourth-order valence-corrected chi connectivity index (χ4v) is 4.03. The molecule has 0 aromatic heterocycles. The monoisotopic (exact) mass is 365 g/mol. The van der Waals surface area contributed by atoms with E-state index in [2.05, 4.69) is 67.2 Å². The van der Waals surface area contributed by atoms with Gasteiger partial charge < -0.3 is 10.1 Å². The molecule has 22 heavy (non-hydrogen) atoms. The fraction of sp³-hybridized carbons (Fsp3) is 0.579. The summed E-state index contributed by atoms with van der Waals surface area (Å²) in [7, 11) is 1.74. The predicted molar refractivity (Wildman–Crippen MR) is 97.8 cm³/mol. The largest absolute Gasteiger partial charge is 0.496 e. The lowest BCUT2D eigenvalue weighted by Crippen LogP contribution is -2.42. The minimum Gasteiger partial charge on any atom is -0.496 e. The van der Waals surface area contributed by atoms with E-state index in [9.17, 15) is 0 Å². The van der Waals surface area contributed by atoms with E-state index in [4.69, 9.17) is 4.74 Å². The average Bonchev–Trinajstić information content (AvgIpc) is 2.67. The molecule has 1 N–H and O–H groups in total. The van der Waals surface area contributed by atoms with Gasteiger partial charge in [0.05, 0.1) is 11.6 Å². The van der Waals surface area contributed by atoms with Crippen LogP contribution in [0.5, 0.6) is 5.75 Å². The van der Waals surface area contributed by atoms with Crippen molar-refractivity contribution in [2.24, 2.45) is 5.92 Å². The second-order valence-corrected chi connectivity index (χ2v) is 7.55. The summed E-state index contributed by atoms with van der Waals surface area (Å²) >= 11 is 3.69. The molecule has 2 rings (SSSR count). The number of hydrogen-bond donors (Lipinski definition) is 1.